The fourth-order valence-corrected chi connectivity index (χ4v) is 2.57. The fraction of sp³-hybridized carbons (Fsp3) is 0.533. The lowest BCUT2D eigenvalue weighted by molar-refractivity contribution is -0.201. The van der Waals surface area contributed by atoms with Crippen molar-refractivity contribution in [2.24, 2.45) is 5.92 Å². The van der Waals surface area contributed by atoms with E-state index in [9.17, 15) is 9.18 Å². The lowest BCUT2D eigenvalue weighted by atomic mass is 10.1. The molecule has 1 amide bonds. The van der Waals surface area contributed by atoms with Crippen LogP contribution in [0.1, 0.15) is 37.2 Å². The van der Waals surface area contributed by atoms with Gasteiger partial charge in [-0.2, -0.15) is 0 Å². The maximum atomic E-state index is 12.8. The number of carbonyl (C=O) groups excluding carboxylic acids is 1. The summed E-state index contributed by atoms with van der Waals surface area (Å²) in [6, 6.07) is 6.32. The van der Waals surface area contributed by atoms with E-state index in [-0.39, 0.29) is 29.9 Å². The second kappa shape index (κ2) is 5.89. The highest BCUT2D eigenvalue weighted by Gasteiger charge is 2.44. The molecule has 1 saturated carbocycles. The number of hydrogen-bond acceptors (Lipinski definition) is 3. The number of hydroxylamine groups is 1. The molecule has 0 radical (unpaired) electrons. The number of nitrogens with one attached hydrogen (secondary N) is 1. The van der Waals surface area contributed by atoms with Crippen molar-refractivity contribution < 1.29 is 18.8 Å². The quantitative estimate of drug-likeness (QED) is 0.861. The van der Waals surface area contributed by atoms with Gasteiger partial charge in [-0.05, 0) is 42.9 Å². The summed E-state index contributed by atoms with van der Waals surface area (Å²) >= 11 is 0. The Morgan fingerprint density at radius 2 is 2.10 bits per heavy atom. The molecule has 1 N–H and O–H groups in total. The van der Waals surface area contributed by atoms with Crippen LogP contribution in [0, 0.1) is 11.7 Å². The molecule has 2 fully saturated rings. The maximum Gasteiger partial charge on any atom is 0.247 e. The number of ether oxygens (including phenoxy) is 1. The minimum Gasteiger partial charge on any atom is -0.350 e. The van der Waals surface area contributed by atoms with Crippen molar-refractivity contribution in [3.05, 3.63) is 35.6 Å². The fourth-order valence-electron chi connectivity index (χ4n) is 2.57. The van der Waals surface area contributed by atoms with Gasteiger partial charge in [0.2, 0.25) is 5.91 Å². The molecule has 0 spiro atoms. The van der Waals surface area contributed by atoms with Crippen molar-refractivity contribution in [2.45, 2.75) is 37.9 Å². The first-order chi connectivity index (χ1) is 9.74. The van der Waals surface area contributed by atoms with Gasteiger partial charge < -0.3 is 4.74 Å². The van der Waals surface area contributed by atoms with E-state index in [2.05, 4.69) is 5.48 Å². The summed E-state index contributed by atoms with van der Waals surface area (Å²) in [4.78, 5) is 17.2. The third-order valence-corrected chi connectivity index (χ3v) is 3.85. The highest BCUT2D eigenvalue weighted by molar-refractivity contribution is 5.81. The second-order valence-electron chi connectivity index (χ2n) is 5.38. The van der Waals surface area contributed by atoms with Gasteiger partial charge in [-0.25, -0.2) is 14.7 Å². The number of benzene rings is 1. The normalized spacial score (nSPS) is 28.9. The smallest absolute Gasteiger partial charge is 0.247 e. The van der Waals surface area contributed by atoms with Crippen LogP contribution in [-0.4, -0.2) is 18.8 Å². The summed E-state index contributed by atoms with van der Waals surface area (Å²) in [5, 5.41) is 0. The highest BCUT2D eigenvalue weighted by Crippen LogP contribution is 2.47. The van der Waals surface area contributed by atoms with Crippen LogP contribution in [0.25, 0.3) is 0 Å². The average molecular weight is 279 g/mol. The Morgan fingerprint density at radius 1 is 1.30 bits per heavy atom. The molecule has 0 unspecified atom stereocenters. The number of rotatable bonds is 4. The lowest BCUT2D eigenvalue weighted by Crippen LogP contribution is -2.34. The Morgan fingerprint density at radius 3 is 2.80 bits per heavy atom. The topological polar surface area (TPSA) is 47.6 Å². The molecule has 0 bridgehead atoms. The van der Waals surface area contributed by atoms with E-state index in [0.717, 1.165) is 31.2 Å². The summed E-state index contributed by atoms with van der Waals surface area (Å²) in [5.74, 6) is -0.280. The molecule has 1 heterocycles. The zero-order chi connectivity index (χ0) is 13.9. The van der Waals surface area contributed by atoms with Crippen LogP contribution in [0.3, 0.4) is 0 Å². The van der Waals surface area contributed by atoms with Crippen molar-refractivity contribution in [3.63, 3.8) is 0 Å². The largest absolute Gasteiger partial charge is 0.350 e. The molecule has 3 rings (SSSR count). The second-order valence-corrected chi connectivity index (χ2v) is 5.38. The Labute approximate surface area is 117 Å². The summed E-state index contributed by atoms with van der Waals surface area (Å²) in [6.45, 7) is 0.683. The van der Waals surface area contributed by atoms with E-state index in [0.29, 0.717) is 6.61 Å². The molecule has 0 aromatic heterocycles. The van der Waals surface area contributed by atoms with Crippen molar-refractivity contribution in [1.82, 2.24) is 5.48 Å². The van der Waals surface area contributed by atoms with Crippen LogP contribution in [0.15, 0.2) is 24.3 Å². The zero-order valence-electron chi connectivity index (χ0n) is 11.2. The molecule has 1 aromatic carbocycles. The molecule has 108 valence electrons. The summed E-state index contributed by atoms with van der Waals surface area (Å²) < 4.78 is 18.2. The molecule has 1 aliphatic heterocycles. The SMILES string of the molecule is O=C(NO[C@@H]1CCCCO1)[C@H]1C[C@@H]1c1ccc(F)cc1. The molecule has 1 aliphatic carbocycles. The monoisotopic (exact) mass is 279 g/mol. The van der Waals surface area contributed by atoms with Crippen LogP contribution in [-0.2, 0) is 14.4 Å². The van der Waals surface area contributed by atoms with Crippen LogP contribution in [0.5, 0.6) is 0 Å². The lowest BCUT2D eigenvalue weighted by Gasteiger charge is -2.22. The first kappa shape index (κ1) is 13.5. The summed E-state index contributed by atoms with van der Waals surface area (Å²) in [5.41, 5.74) is 3.49. The standard InChI is InChI=1S/C15H18FNO3/c16-11-6-4-10(5-7-11)12-9-13(12)15(18)17-20-14-3-1-2-8-19-14/h4-7,12-14H,1-3,8-9H2,(H,17,18)/t12-,13+,14-/m1/s1. The zero-order valence-corrected chi connectivity index (χ0v) is 11.2. The van der Waals surface area contributed by atoms with Crippen LogP contribution >= 0.6 is 0 Å². The number of amides is 1. The Bertz CT molecular complexity index is 471. The van der Waals surface area contributed by atoms with Crippen LogP contribution in [0.4, 0.5) is 4.39 Å². The molecule has 20 heavy (non-hydrogen) atoms. The van der Waals surface area contributed by atoms with Gasteiger partial charge in [0.15, 0.2) is 6.29 Å². The van der Waals surface area contributed by atoms with Crippen LogP contribution < -0.4 is 5.48 Å². The minimum atomic E-state index is -0.323. The van der Waals surface area contributed by atoms with Crippen LogP contribution in [0.2, 0.25) is 0 Å². The Kier molecular flexibility index (Phi) is 3.98. The summed E-state index contributed by atoms with van der Waals surface area (Å²) in [7, 11) is 0. The predicted octanol–water partition coefficient (Wildman–Crippen LogP) is 2.50. The number of carbonyl (C=O) groups is 1. The Balaban J connectivity index is 1.46. The molecule has 1 aromatic rings. The van der Waals surface area contributed by atoms with Crippen molar-refractivity contribution in [2.75, 3.05) is 6.61 Å². The van der Waals surface area contributed by atoms with Gasteiger partial charge >= 0.3 is 0 Å². The van der Waals surface area contributed by atoms with E-state index in [4.69, 9.17) is 9.57 Å². The molecular formula is C15H18FNO3. The summed E-state index contributed by atoms with van der Waals surface area (Å²) in [6.07, 6.45) is 3.37. The van der Waals surface area contributed by atoms with Gasteiger partial charge in [-0.15, -0.1) is 0 Å². The van der Waals surface area contributed by atoms with Gasteiger partial charge in [0.1, 0.15) is 5.82 Å². The van der Waals surface area contributed by atoms with Crippen molar-refractivity contribution in [3.8, 4) is 0 Å². The number of halogens is 1. The minimum absolute atomic E-state index is 0.0796. The molecular weight excluding hydrogens is 261 g/mol. The molecule has 4 nitrogen and oxygen atoms in total. The first-order valence-corrected chi connectivity index (χ1v) is 7.06. The molecule has 5 heteroatoms. The first-order valence-electron chi connectivity index (χ1n) is 7.06. The average Bonchev–Trinajstić information content (AvgIpc) is 3.27. The van der Waals surface area contributed by atoms with E-state index in [1.165, 1.54) is 12.1 Å². The number of hydrogen-bond donors (Lipinski definition) is 1. The highest BCUT2D eigenvalue weighted by atomic mass is 19.1. The molecule has 1 saturated heterocycles. The van der Waals surface area contributed by atoms with E-state index in [1.807, 2.05) is 0 Å². The van der Waals surface area contributed by atoms with Gasteiger partial charge in [-0.1, -0.05) is 12.1 Å². The Hall–Kier alpha value is -1.46. The molecule has 2 aliphatic rings. The molecule has 3 atom stereocenters. The predicted molar refractivity (Wildman–Crippen MR) is 70.1 cm³/mol. The van der Waals surface area contributed by atoms with Gasteiger partial charge in [0.05, 0.1) is 0 Å². The van der Waals surface area contributed by atoms with E-state index < -0.39 is 0 Å². The van der Waals surface area contributed by atoms with Crippen molar-refractivity contribution >= 4 is 5.91 Å². The van der Waals surface area contributed by atoms with Gasteiger partial charge in [-0.3, -0.25) is 4.79 Å². The van der Waals surface area contributed by atoms with E-state index in [1.54, 1.807) is 12.1 Å². The third-order valence-electron chi connectivity index (χ3n) is 3.85. The van der Waals surface area contributed by atoms with E-state index >= 15 is 0 Å². The van der Waals surface area contributed by atoms with Gasteiger partial charge in [0.25, 0.3) is 0 Å². The van der Waals surface area contributed by atoms with Gasteiger partial charge in [0, 0.05) is 18.9 Å². The maximum absolute atomic E-state index is 12.8. The third kappa shape index (κ3) is 3.16. The van der Waals surface area contributed by atoms with Crippen molar-refractivity contribution in [1.29, 1.82) is 0 Å².